The van der Waals surface area contributed by atoms with Crippen LogP contribution in [0.25, 0.3) is 11.0 Å². The predicted octanol–water partition coefficient (Wildman–Crippen LogP) is 5.92. The summed E-state index contributed by atoms with van der Waals surface area (Å²) in [4.78, 5) is 25.6. The minimum atomic E-state index is 0.0510. The fraction of sp³-hybridized carbons (Fsp3) is 0.394. The summed E-state index contributed by atoms with van der Waals surface area (Å²) in [5.74, 6) is 1.42. The Balaban J connectivity index is 1.12. The van der Waals surface area contributed by atoms with Crippen LogP contribution in [0.5, 0.6) is 0 Å². The molecule has 0 saturated carbocycles. The highest BCUT2D eigenvalue weighted by Crippen LogP contribution is 2.26. The largest absolute Gasteiger partial charge is 0.368 e. The molecular formula is C33H38ClN5O. The summed E-state index contributed by atoms with van der Waals surface area (Å²) in [6.45, 7) is 11.0. The first-order valence-electron chi connectivity index (χ1n) is 14.5. The third-order valence-electron chi connectivity index (χ3n) is 8.50. The molecule has 0 unspecified atom stereocenters. The molecule has 1 amide bonds. The summed E-state index contributed by atoms with van der Waals surface area (Å²) in [6.07, 6.45) is 2.00. The number of hydrogen-bond acceptors (Lipinski definition) is 4. The molecule has 6 rings (SSSR count). The van der Waals surface area contributed by atoms with Crippen LogP contribution in [0.3, 0.4) is 0 Å². The number of benzene rings is 3. The molecule has 2 fully saturated rings. The number of piperazine rings is 1. The van der Waals surface area contributed by atoms with Crippen molar-refractivity contribution in [3.05, 3.63) is 94.3 Å². The van der Waals surface area contributed by atoms with Gasteiger partial charge in [0, 0.05) is 50.0 Å². The van der Waals surface area contributed by atoms with Gasteiger partial charge in [0.1, 0.15) is 5.82 Å². The summed E-state index contributed by atoms with van der Waals surface area (Å²) in [5.41, 5.74) is 7.23. The molecule has 208 valence electrons. The third kappa shape index (κ3) is 5.74. The van der Waals surface area contributed by atoms with E-state index in [1.165, 1.54) is 22.4 Å². The highest BCUT2D eigenvalue weighted by atomic mass is 35.5. The van der Waals surface area contributed by atoms with Crippen molar-refractivity contribution in [3.63, 3.8) is 0 Å². The lowest BCUT2D eigenvalue weighted by molar-refractivity contribution is -0.137. The first-order chi connectivity index (χ1) is 19.4. The molecule has 0 spiro atoms. The number of carbonyl (C=O) groups excluding carboxylic acids is 1. The second-order valence-electron chi connectivity index (χ2n) is 11.4. The Morgan fingerprint density at radius 1 is 0.925 bits per heavy atom. The van der Waals surface area contributed by atoms with Crippen LogP contribution in [0, 0.1) is 19.8 Å². The summed E-state index contributed by atoms with van der Waals surface area (Å²) in [5, 5.41) is 0.746. The molecule has 3 heterocycles. The van der Waals surface area contributed by atoms with Crippen molar-refractivity contribution in [2.45, 2.75) is 39.8 Å². The van der Waals surface area contributed by atoms with Gasteiger partial charge in [-0.15, -0.1) is 0 Å². The molecule has 7 heteroatoms. The van der Waals surface area contributed by atoms with E-state index in [9.17, 15) is 4.79 Å². The Morgan fingerprint density at radius 3 is 2.50 bits per heavy atom. The number of nitrogens with zero attached hydrogens (tertiary/aromatic N) is 5. The number of imidazole rings is 1. The molecule has 3 aromatic carbocycles. The maximum Gasteiger partial charge on any atom is 0.227 e. The summed E-state index contributed by atoms with van der Waals surface area (Å²) in [6, 6.07) is 23.0. The minimum Gasteiger partial charge on any atom is -0.368 e. The zero-order valence-electron chi connectivity index (χ0n) is 23.5. The van der Waals surface area contributed by atoms with Gasteiger partial charge in [-0.3, -0.25) is 9.69 Å². The van der Waals surface area contributed by atoms with Gasteiger partial charge in [0.05, 0.1) is 23.5 Å². The van der Waals surface area contributed by atoms with E-state index in [1.807, 2.05) is 18.2 Å². The molecule has 0 bridgehead atoms. The van der Waals surface area contributed by atoms with Gasteiger partial charge in [0.2, 0.25) is 5.91 Å². The van der Waals surface area contributed by atoms with Gasteiger partial charge in [0.25, 0.3) is 0 Å². The lowest BCUT2D eigenvalue weighted by Crippen LogP contribution is -2.52. The van der Waals surface area contributed by atoms with E-state index in [0.717, 1.165) is 87.1 Å². The fourth-order valence-corrected chi connectivity index (χ4v) is 6.41. The predicted molar refractivity (Wildman–Crippen MR) is 163 cm³/mol. The van der Waals surface area contributed by atoms with Crippen molar-refractivity contribution in [2.75, 3.05) is 44.2 Å². The summed E-state index contributed by atoms with van der Waals surface area (Å²) >= 11 is 6.13. The SMILES string of the molecule is Cc1ccc(C)c(N2CCN(C(=O)[C@@H]3CCCN(Cc4nc5ccccc5n4Cc4ccc(Cl)cc4)C3)CC2)c1. The number of para-hydroxylation sites is 2. The second-order valence-corrected chi connectivity index (χ2v) is 11.8. The first-order valence-corrected chi connectivity index (χ1v) is 14.8. The van der Waals surface area contributed by atoms with Crippen LogP contribution in [-0.4, -0.2) is 64.5 Å². The first kappa shape index (κ1) is 26.9. The lowest BCUT2D eigenvalue weighted by atomic mass is 9.96. The van der Waals surface area contributed by atoms with Crippen molar-refractivity contribution < 1.29 is 4.79 Å². The van der Waals surface area contributed by atoms with Gasteiger partial charge in [-0.1, -0.05) is 48.0 Å². The Kier molecular flexibility index (Phi) is 7.81. The normalized spacial score (nSPS) is 18.4. The van der Waals surface area contributed by atoms with E-state index < -0.39 is 0 Å². The van der Waals surface area contributed by atoms with Crippen LogP contribution < -0.4 is 4.90 Å². The maximum absolute atomic E-state index is 13.6. The number of halogens is 1. The molecule has 0 N–H and O–H groups in total. The number of anilines is 1. The summed E-state index contributed by atoms with van der Waals surface area (Å²) < 4.78 is 2.32. The number of amides is 1. The van der Waals surface area contributed by atoms with E-state index in [0.29, 0.717) is 5.91 Å². The molecule has 0 radical (unpaired) electrons. The number of hydrogen-bond donors (Lipinski definition) is 0. The monoisotopic (exact) mass is 555 g/mol. The highest BCUT2D eigenvalue weighted by molar-refractivity contribution is 6.30. The van der Waals surface area contributed by atoms with Crippen LogP contribution in [0.2, 0.25) is 5.02 Å². The Labute approximate surface area is 242 Å². The average Bonchev–Trinajstić information content (AvgIpc) is 3.31. The van der Waals surface area contributed by atoms with E-state index in [1.54, 1.807) is 0 Å². The number of aryl methyl sites for hydroxylation is 2. The van der Waals surface area contributed by atoms with Gasteiger partial charge >= 0.3 is 0 Å². The third-order valence-corrected chi connectivity index (χ3v) is 8.76. The van der Waals surface area contributed by atoms with Crippen molar-refractivity contribution in [1.82, 2.24) is 19.4 Å². The average molecular weight is 556 g/mol. The number of aromatic nitrogens is 2. The lowest BCUT2D eigenvalue weighted by Gasteiger charge is -2.40. The van der Waals surface area contributed by atoms with E-state index in [-0.39, 0.29) is 5.92 Å². The molecule has 2 aliphatic rings. The van der Waals surface area contributed by atoms with Gasteiger partial charge in [-0.05, 0) is 80.3 Å². The van der Waals surface area contributed by atoms with Gasteiger partial charge in [-0.2, -0.15) is 0 Å². The van der Waals surface area contributed by atoms with Crippen LogP contribution in [0.4, 0.5) is 5.69 Å². The van der Waals surface area contributed by atoms with E-state index in [2.05, 4.69) is 81.6 Å². The highest BCUT2D eigenvalue weighted by Gasteiger charge is 2.32. The molecule has 4 aromatic rings. The van der Waals surface area contributed by atoms with Crippen LogP contribution in [-0.2, 0) is 17.9 Å². The van der Waals surface area contributed by atoms with Crippen LogP contribution >= 0.6 is 11.6 Å². The molecule has 1 atom stereocenters. The molecule has 2 aliphatic heterocycles. The standard InChI is InChI=1S/C33H38ClN5O/c1-24-9-10-25(2)31(20-24)37-16-18-38(19-17-37)33(40)27-6-5-15-36(22-27)23-32-35-29-7-3-4-8-30(29)39(32)21-26-11-13-28(34)14-12-26/h3-4,7-14,20,27H,5-6,15-19,21-23H2,1-2H3/t27-/m1/s1. The summed E-state index contributed by atoms with van der Waals surface area (Å²) in [7, 11) is 0. The number of likely N-dealkylation sites (tertiary alicyclic amines) is 1. The molecule has 40 heavy (non-hydrogen) atoms. The Hall–Kier alpha value is -3.35. The fourth-order valence-electron chi connectivity index (χ4n) is 6.28. The number of piperidine rings is 1. The molecule has 6 nitrogen and oxygen atoms in total. The number of fused-ring (bicyclic) bond motifs is 1. The topological polar surface area (TPSA) is 44.6 Å². The molecular weight excluding hydrogens is 518 g/mol. The van der Waals surface area contributed by atoms with E-state index in [4.69, 9.17) is 16.6 Å². The van der Waals surface area contributed by atoms with Crippen molar-refractivity contribution >= 4 is 34.2 Å². The molecule has 2 saturated heterocycles. The zero-order chi connectivity index (χ0) is 27.6. The number of rotatable bonds is 6. The van der Waals surface area contributed by atoms with Crippen molar-refractivity contribution in [1.29, 1.82) is 0 Å². The van der Waals surface area contributed by atoms with Crippen molar-refractivity contribution in [2.24, 2.45) is 5.92 Å². The van der Waals surface area contributed by atoms with Crippen LogP contribution in [0.15, 0.2) is 66.7 Å². The zero-order valence-corrected chi connectivity index (χ0v) is 24.3. The molecule has 0 aliphatic carbocycles. The minimum absolute atomic E-state index is 0.0510. The van der Waals surface area contributed by atoms with Crippen molar-refractivity contribution in [3.8, 4) is 0 Å². The van der Waals surface area contributed by atoms with E-state index >= 15 is 0 Å². The number of carbonyl (C=O) groups is 1. The Bertz CT molecular complexity index is 1490. The second kappa shape index (κ2) is 11.6. The Morgan fingerprint density at radius 2 is 1.70 bits per heavy atom. The van der Waals surface area contributed by atoms with Gasteiger partial charge in [-0.25, -0.2) is 4.98 Å². The quantitative estimate of drug-likeness (QED) is 0.296. The van der Waals surface area contributed by atoms with Gasteiger partial charge in [0.15, 0.2) is 0 Å². The van der Waals surface area contributed by atoms with Crippen LogP contribution in [0.1, 0.15) is 35.4 Å². The maximum atomic E-state index is 13.6. The smallest absolute Gasteiger partial charge is 0.227 e. The van der Waals surface area contributed by atoms with Gasteiger partial charge < -0.3 is 14.4 Å². The molecule has 1 aromatic heterocycles.